The van der Waals surface area contributed by atoms with Crippen molar-refractivity contribution in [1.29, 1.82) is 0 Å². The molecule has 2 aromatic rings. The molecule has 2 rings (SSSR count). The van der Waals surface area contributed by atoms with Gasteiger partial charge in [0.15, 0.2) is 0 Å². The average molecular weight is 571 g/mol. The van der Waals surface area contributed by atoms with Crippen molar-refractivity contribution in [1.82, 2.24) is 0 Å². The number of unbranched alkanes of at least 4 members (excludes halogenated alkanes) is 3. The molecule has 188 valence electrons. The Hall–Kier alpha value is -1.49. The average Bonchev–Trinajstić information content (AvgIpc) is 2.87. The second-order valence-electron chi connectivity index (χ2n) is 9.96. The van der Waals surface area contributed by atoms with E-state index in [9.17, 15) is 4.79 Å². The summed E-state index contributed by atoms with van der Waals surface area (Å²) in [4.78, 5) is 15.2. The molecule has 0 heterocycles. The van der Waals surface area contributed by atoms with Crippen molar-refractivity contribution in [2.45, 2.75) is 96.8 Å². The number of para-hydroxylation sites is 2. The van der Waals surface area contributed by atoms with Crippen LogP contribution >= 0.6 is 0 Å². The van der Waals surface area contributed by atoms with Gasteiger partial charge in [-0.2, -0.15) is 0 Å². The Bertz CT molecular complexity index is 846. The van der Waals surface area contributed by atoms with E-state index >= 15 is 0 Å². The van der Waals surface area contributed by atoms with Gasteiger partial charge in [0, 0.05) is 0 Å². The van der Waals surface area contributed by atoms with Crippen LogP contribution in [0, 0.1) is 0 Å². The van der Waals surface area contributed by atoms with Crippen LogP contribution < -0.4 is 10.2 Å². The Labute approximate surface area is 213 Å². The SMILES string of the molecule is CCC[CH2][Sn]([CH2]CCC)([CH2]CCC)[CH](C)c1cccc(CC)c1N(C)C(=O)Nc1ccccc1. The van der Waals surface area contributed by atoms with Crippen LogP contribution in [0.3, 0.4) is 0 Å². The van der Waals surface area contributed by atoms with Crippen molar-refractivity contribution in [2.75, 3.05) is 17.3 Å². The molecule has 2 amide bonds. The molecule has 1 unspecified atom stereocenters. The van der Waals surface area contributed by atoms with E-state index in [1.165, 1.54) is 63.0 Å². The van der Waals surface area contributed by atoms with Crippen molar-refractivity contribution in [3.05, 3.63) is 59.7 Å². The van der Waals surface area contributed by atoms with Crippen LogP contribution in [0.4, 0.5) is 16.2 Å². The Balaban J connectivity index is 2.51. The van der Waals surface area contributed by atoms with Crippen molar-refractivity contribution < 1.29 is 4.79 Å². The number of benzene rings is 2. The summed E-state index contributed by atoms with van der Waals surface area (Å²) in [5.41, 5.74) is 4.68. The summed E-state index contributed by atoms with van der Waals surface area (Å²) < 4.78 is 5.03. The third kappa shape index (κ3) is 7.50. The van der Waals surface area contributed by atoms with E-state index in [4.69, 9.17) is 0 Å². The van der Waals surface area contributed by atoms with Crippen LogP contribution in [-0.4, -0.2) is 31.5 Å². The molecule has 4 heteroatoms. The first-order chi connectivity index (χ1) is 16.4. The quantitative estimate of drug-likeness (QED) is 0.225. The molecule has 0 aliphatic heterocycles. The Kier molecular flexibility index (Phi) is 12.5. The third-order valence-electron chi connectivity index (χ3n) is 7.67. The number of carbonyl (C=O) groups is 1. The number of carbonyl (C=O) groups excluding carboxylic acids is 1. The predicted molar refractivity (Wildman–Crippen MR) is 153 cm³/mol. The zero-order chi connectivity index (χ0) is 25.0. The van der Waals surface area contributed by atoms with Crippen LogP contribution in [0.5, 0.6) is 0 Å². The summed E-state index contributed by atoms with van der Waals surface area (Å²) in [6.07, 6.45) is 8.86. The van der Waals surface area contributed by atoms with Crippen molar-refractivity contribution in [3.63, 3.8) is 0 Å². The van der Waals surface area contributed by atoms with Crippen LogP contribution in [0.1, 0.15) is 88.2 Å². The van der Waals surface area contributed by atoms with Gasteiger partial charge in [-0.15, -0.1) is 0 Å². The molecule has 0 aliphatic carbocycles. The number of hydrogen-bond donors (Lipinski definition) is 1. The minimum absolute atomic E-state index is 0.0583. The Morgan fingerprint density at radius 1 is 0.853 bits per heavy atom. The van der Waals surface area contributed by atoms with Gasteiger partial charge in [-0.1, -0.05) is 0 Å². The number of urea groups is 1. The molecule has 34 heavy (non-hydrogen) atoms. The maximum atomic E-state index is 13.4. The molecule has 0 spiro atoms. The van der Waals surface area contributed by atoms with E-state index in [0.29, 0.717) is 3.93 Å². The molecular formula is C30H48N2OSn. The van der Waals surface area contributed by atoms with E-state index in [1.54, 1.807) is 0 Å². The zero-order valence-corrected chi connectivity index (χ0v) is 25.5. The number of anilines is 2. The topological polar surface area (TPSA) is 32.3 Å². The fourth-order valence-corrected chi connectivity index (χ4v) is 22.9. The monoisotopic (exact) mass is 572 g/mol. The molecular weight excluding hydrogens is 523 g/mol. The number of rotatable bonds is 14. The first-order valence-corrected chi connectivity index (χ1v) is 21.4. The summed E-state index contributed by atoms with van der Waals surface area (Å²) in [6.45, 7) is 11.7. The van der Waals surface area contributed by atoms with Gasteiger partial charge in [0.25, 0.3) is 0 Å². The van der Waals surface area contributed by atoms with Crippen molar-refractivity contribution >= 4 is 35.8 Å². The molecule has 3 nitrogen and oxygen atoms in total. The van der Waals surface area contributed by atoms with E-state index in [1.807, 2.05) is 42.3 Å². The van der Waals surface area contributed by atoms with E-state index in [-0.39, 0.29) is 6.03 Å². The summed E-state index contributed by atoms with van der Waals surface area (Å²) in [5, 5.41) is 3.10. The van der Waals surface area contributed by atoms with Gasteiger partial charge in [0.05, 0.1) is 0 Å². The van der Waals surface area contributed by atoms with Crippen molar-refractivity contribution in [3.8, 4) is 0 Å². The summed E-state index contributed by atoms with van der Waals surface area (Å²) in [7, 11) is 1.95. The van der Waals surface area contributed by atoms with E-state index in [2.05, 4.69) is 58.1 Å². The first-order valence-electron chi connectivity index (χ1n) is 13.7. The van der Waals surface area contributed by atoms with Crippen LogP contribution in [0.25, 0.3) is 0 Å². The van der Waals surface area contributed by atoms with Gasteiger partial charge in [-0.25, -0.2) is 0 Å². The molecule has 1 N–H and O–H groups in total. The molecule has 2 aromatic carbocycles. The summed E-state index contributed by atoms with van der Waals surface area (Å²) >= 11 is -2.54. The van der Waals surface area contributed by atoms with E-state index in [0.717, 1.165) is 17.8 Å². The van der Waals surface area contributed by atoms with E-state index < -0.39 is 18.4 Å². The van der Waals surface area contributed by atoms with Gasteiger partial charge in [0.1, 0.15) is 0 Å². The molecule has 0 saturated heterocycles. The predicted octanol–water partition coefficient (Wildman–Crippen LogP) is 9.41. The summed E-state index contributed by atoms with van der Waals surface area (Å²) in [6, 6.07) is 16.5. The van der Waals surface area contributed by atoms with Gasteiger partial charge in [-0.05, 0) is 0 Å². The molecule has 0 saturated carbocycles. The molecule has 0 bridgehead atoms. The molecule has 0 radical (unpaired) electrons. The number of nitrogens with one attached hydrogen (secondary N) is 1. The Morgan fingerprint density at radius 3 is 1.91 bits per heavy atom. The van der Waals surface area contributed by atoms with Gasteiger partial charge >= 0.3 is 214 Å². The molecule has 0 aromatic heterocycles. The third-order valence-corrected chi connectivity index (χ3v) is 25.4. The molecule has 0 aliphatic rings. The van der Waals surface area contributed by atoms with Crippen LogP contribution in [0.2, 0.25) is 13.3 Å². The number of aryl methyl sites for hydroxylation is 1. The second-order valence-corrected chi connectivity index (χ2v) is 24.5. The Morgan fingerprint density at radius 2 is 1.41 bits per heavy atom. The number of hydrogen-bond acceptors (Lipinski definition) is 1. The van der Waals surface area contributed by atoms with Gasteiger partial charge in [-0.3, -0.25) is 0 Å². The zero-order valence-electron chi connectivity index (χ0n) is 22.6. The maximum absolute atomic E-state index is 13.4. The van der Waals surface area contributed by atoms with Gasteiger partial charge < -0.3 is 0 Å². The summed E-state index contributed by atoms with van der Waals surface area (Å²) in [5.74, 6) is 0. The molecule has 0 fully saturated rings. The minimum atomic E-state index is -2.54. The second kappa shape index (κ2) is 14.8. The molecule has 1 atom stereocenters. The number of nitrogens with zero attached hydrogens (tertiary/aromatic N) is 1. The van der Waals surface area contributed by atoms with Crippen LogP contribution in [0.15, 0.2) is 48.5 Å². The first kappa shape index (κ1) is 28.7. The number of amides is 2. The van der Waals surface area contributed by atoms with Crippen molar-refractivity contribution in [2.24, 2.45) is 0 Å². The fourth-order valence-electron chi connectivity index (χ4n) is 5.43. The fraction of sp³-hybridized carbons (Fsp3) is 0.567. The standard InChI is InChI=1S/C18H21N2O.3C4H9.Sn/c1-4-14-10-9-11-15(5-2)17(14)20(3)18(21)19-16-12-7-6-8-13-16;3*1-3-4-2;/h4,6-13H,5H2,1-3H3,(H,19,21);3*1,3-4H2,2H3;. The normalized spacial score (nSPS) is 12.4. The van der Waals surface area contributed by atoms with Gasteiger partial charge in [0.2, 0.25) is 0 Å². The van der Waals surface area contributed by atoms with Crippen LogP contribution in [-0.2, 0) is 6.42 Å².